The molecule has 1 aromatic heterocycles. The second-order valence-corrected chi connectivity index (χ2v) is 7.21. The standard InChI is InChI=1S/C15H20ClN3O4S/c1-11-13(16)10-17-19(11)8-4-7-18-24(20,21)15-6-5-12(22-2)9-14(15)23-3/h5-6,9-10,18H,4,7-8H2,1-3H3. The van der Waals surface area contributed by atoms with Crippen molar-refractivity contribution in [2.24, 2.45) is 0 Å². The third-order valence-corrected chi connectivity index (χ3v) is 5.41. The smallest absolute Gasteiger partial charge is 0.244 e. The monoisotopic (exact) mass is 373 g/mol. The lowest BCUT2D eigenvalue weighted by molar-refractivity contribution is 0.386. The Kier molecular flexibility index (Phi) is 6.09. The maximum absolute atomic E-state index is 12.4. The summed E-state index contributed by atoms with van der Waals surface area (Å²) >= 11 is 5.93. The summed E-state index contributed by atoms with van der Waals surface area (Å²) in [5, 5.41) is 4.72. The largest absolute Gasteiger partial charge is 0.497 e. The fourth-order valence-electron chi connectivity index (χ4n) is 2.16. The first kappa shape index (κ1) is 18.6. The van der Waals surface area contributed by atoms with Gasteiger partial charge in [0.2, 0.25) is 10.0 Å². The van der Waals surface area contributed by atoms with E-state index >= 15 is 0 Å². The molecule has 1 N–H and O–H groups in total. The molecule has 0 amide bonds. The lowest BCUT2D eigenvalue weighted by atomic mass is 10.3. The number of benzene rings is 1. The minimum atomic E-state index is -3.67. The van der Waals surface area contributed by atoms with E-state index in [-0.39, 0.29) is 17.2 Å². The maximum atomic E-state index is 12.4. The molecule has 0 aliphatic heterocycles. The van der Waals surface area contributed by atoms with Crippen LogP contribution in [-0.4, -0.2) is 39.0 Å². The van der Waals surface area contributed by atoms with Crippen LogP contribution in [0.25, 0.3) is 0 Å². The summed E-state index contributed by atoms with van der Waals surface area (Å²) in [6.45, 7) is 2.71. The summed E-state index contributed by atoms with van der Waals surface area (Å²) in [4.78, 5) is 0.0733. The average Bonchev–Trinajstić information content (AvgIpc) is 2.90. The molecule has 1 heterocycles. The highest BCUT2D eigenvalue weighted by atomic mass is 35.5. The van der Waals surface area contributed by atoms with Crippen molar-refractivity contribution in [3.05, 3.63) is 35.1 Å². The van der Waals surface area contributed by atoms with Crippen molar-refractivity contribution in [3.8, 4) is 11.5 Å². The number of ether oxygens (including phenoxy) is 2. The number of nitrogens with zero attached hydrogens (tertiary/aromatic N) is 2. The molecular weight excluding hydrogens is 354 g/mol. The number of aromatic nitrogens is 2. The molecule has 9 heteroatoms. The quantitative estimate of drug-likeness (QED) is 0.717. The minimum absolute atomic E-state index is 0.0733. The maximum Gasteiger partial charge on any atom is 0.244 e. The van der Waals surface area contributed by atoms with Gasteiger partial charge in [-0.25, -0.2) is 13.1 Å². The first-order valence-electron chi connectivity index (χ1n) is 7.28. The van der Waals surface area contributed by atoms with Crippen molar-refractivity contribution in [2.45, 2.75) is 24.8 Å². The van der Waals surface area contributed by atoms with Crippen molar-refractivity contribution >= 4 is 21.6 Å². The summed E-state index contributed by atoms with van der Waals surface area (Å²) in [5.41, 5.74) is 0.858. The van der Waals surface area contributed by atoms with Crippen LogP contribution in [0.15, 0.2) is 29.3 Å². The summed E-state index contributed by atoms with van der Waals surface area (Å²) in [6.07, 6.45) is 2.15. The van der Waals surface area contributed by atoms with Gasteiger partial charge in [-0.3, -0.25) is 4.68 Å². The van der Waals surface area contributed by atoms with Gasteiger partial charge in [0.1, 0.15) is 16.4 Å². The number of hydrogen-bond acceptors (Lipinski definition) is 5. The zero-order chi connectivity index (χ0) is 17.7. The van der Waals surface area contributed by atoms with E-state index in [0.29, 0.717) is 23.7 Å². The molecule has 0 bridgehead atoms. The van der Waals surface area contributed by atoms with Crippen LogP contribution in [-0.2, 0) is 16.6 Å². The zero-order valence-corrected chi connectivity index (χ0v) is 15.3. The molecule has 2 rings (SSSR count). The van der Waals surface area contributed by atoms with E-state index < -0.39 is 10.0 Å². The molecular formula is C15H20ClN3O4S. The number of sulfonamides is 1. The van der Waals surface area contributed by atoms with E-state index in [2.05, 4.69) is 9.82 Å². The van der Waals surface area contributed by atoms with Crippen molar-refractivity contribution in [3.63, 3.8) is 0 Å². The fraction of sp³-hybridized carbons (Fsp3) is 0.400. The Labute approximate surface area is 146 Å². The molecule has 7 nitrogen and oxygen atoms in total. The van der Waals surface area contributed by atoms with Gasteiger partial charge in [0.15, 0.2) is 0 Å². The number of methoxy groups -OCH3 is 2. The highest BCUT2D eigenvalue weighted by molar-refractivity contribution is 7.89. The van der Waals surface area contributed by atoms with Crippen LogP contribution in [0, 0.1) is 6.92 Å². The molecule has 1 aromatic carbocycles. The minimum Gasteiger partial charge on any atom is -0.497 e. The zero-order valence-electron chi connectivity index (χ0n) is 13.7. The number of nitrogens with one attached hydrogen (secondary N) is 1. The molecule has 0 radical (unpaired) electrons. The lowest BCUT2D eigenvalue weighted by Gasteiger charge is -2.12. The van der Waals surface area contributed by atoms with E-state index in [1.807, 2.05) is 6.92 Å². The summed E-state index contributed by atoms with van der Waals surface area (Å²) < 4.78 is 39.3. The Morgan fingerprint density at radius 3 is 2.62 bits per heavy atom. The Bertz CT molecular complexity index is 805. The number of halogens is 1. The van der Waals surface area contributed by atoms with Crippen molar-refractivity contribution in [2.75, 3.05) is 20.8 Å². The van der Waals surface area contributed by atoms with Crippen LogP contribution in [0.1, 0.15) is 12.1 Å². The van der Waals surface area contributed by atoms with Crippen LogP contribution in [0.2, 0.25) is 5.02 Å². The van der Waals surface area contributed by atoms with Gasteiger partial charge in [-0.1, -0.05) is 11.6 Å². The van der Waals surface area contributed by atoms with Crippen LogP contribution >= 0.6 is 11.6 Å². The number of hydrogen-bond donors (Lipinski definition) is 1. The number of rotatable bonds is 8. The summed E-state index contributed by atoms with van der Waals surface area (Å²) in [5.74, 6) is 0.758. The van der Waals surface area contributed by atoms with E-state index in [0.717, 1.165) is 5.69 Å². The molecule has 0 saturated carbocycles. The van der Waals surface area contributed by atoms with Gasteiger partial charge in [0, 0.05) is 19.2 Å². The van der Waals surface area contributed by atoms with E-state index in [4.69, 9.17) is 21.1 Å². The molecule has 0 aliphatic rings. The van der Waals surface area contributed by atoms with Gasteiger partial charge in [-0.15, -0.1) is 0 Å². The first-order chi connectivity index (χ1) is 11.4. The van der Waals surface area contributed by atoms with Gasteiger partial charge >= 0.3 is 0 Å². The highest BCUT2D eigenvalue weighted by Crippen LogP contribution is 2.28. The molecule has 0 saturated heterocycles. The third kappa shape index (κ3) is 4.19. The van der Waals surface area contributed by atoms with E-state index in [9.17, 15) is 8.42 Å². The molecule has 132 valence electrons. The van der Waals surface area contributed by atoms with Crippen molar-refractivity contribution < 1.29 is 17.9 Å². The number of aryl methyl sites for hydroxylation is 1. The molecule has 2 aromatic rings. The van der Waals surface area contributed by atoms with Gasteiger partial charge in [0.25, 0.3) is 0 Å². The van der Waals surface area contributed by atoms with Gasteiger partial charge in [-0.05, 0) is 25.5 Å². The molecule has 0 fully saturated rings. The van der Waals surface area contributed by atoms with Crippen LogP contribution in [0.5, 0.6) is 11.5 Å². The molecule has 0 aliphatic carbocycles. The lowest BCUT2D eigenvalue weighted by Crippen LogP contribution is -2.26. The Morgan fingerprint density at radius 2 is 2.04 bits per heavy atom. The molecule has 0 atom stereocenters. The van der Waals surface area contributed by atoms with Crippen molar-refractivity contribution in [1.82, 2.24) is 14.5 Å². The molecule has 24 heavy (non-hydrogen) atoms. The van der Waals surface area contributed by atoms with E-state index in [1.165, 1.54) is 26.4 Å². The van der Waals surface area contributed by atoms with Crippen molar-refractivity contribution in [1.29, 1.82) is 0 Å². The molecule has 0 unspecified atom stereocenters. The summed E-state index contributed by atoms with van der Waals surface area (Å²) in [6, 6.07) is 4.56. The predicted molar refractivity (Wildman–Crippen MR) is 91.3 cm³/mol. The summed E-state index contributed by atoms with van der Waals surface area (Å²) in [7, 11) is -0.754. The van der Waals surface area contributed by atoms with E-state index in [1.54, 1.807) is 16.9 Å². The third-order valence-electron chi connectivity index (χ3n) is 3.54. The van der Waals surface area contributed by atoms with Gasteiger partial charge in [-0.2, -0.15) is 5.10 Å². The SMILES string of the molecule is COc1ccc(S(=O)(=O)NCCCn2ncc(Cl)c2C)c(OC)c1. The van der Waals surface area contributed by atoms with Crippen LogP contribution in [0.3, 0.4) is 0 Å². The predicted octanol–water partition coefficient (Wildman–Crippen LogP) is 2.23. The van der Waals surface area contributed by atoms with Crippen LogP contribution < -0.4 is 14.2 Å². The highest BCUT2D eigenvalue weighted by Gasteiger charge is 2.19. The molecule has 0 spiro atoms. The average molecular weight is 374 g/mol. The van der Waals surface area contributed by atoms with Gasteiger partial charge < -0.3 is 9.47 Å². The Hall–Kier alpha value is -1.77. The van der Waals surface area contributed by atoms with Crippen LogP contribution in [0.4, 0.5) is 0 Å². The van der Waals surface area contributed by atoms with Gasteiger partial charge in [0.05, 0.1) is 31.1 Å². The Morgan fingerprint density at radius 1 is 1.29 bits per heavy atom. The topological polar surface area (TPSA) is 82.5 Å². The first-order valence-corrected chi connectivity index (χ1v) is 9.14. The normalized spacial score (nSPS) is 11.5. The Balaban J connectivity index is 2.00. The fourth-order valence-corrected chi connectivity index (χ4v) is 3.52. The second-order valence-electron chi connectivity index (χ2n) is 5.07. The second kappa shape index (κ2) is 7.87.